The third kappa shape index (κ3) is 3.21. The van der Waals surface area contributed by atoms with E-state index in [-0.39, 0.29) is 5.91 Å². The topological polar surface area (TPSA) is 35.6 Å². The summed E-state index contributed by atoms with van der Waals surface area (Å²) in [6.07, 6.45) is 3.30. The molecule has 1 aromatic carbocycles. The number of rotatable bonds is 2. The van der Waals surface area contributed by atoms with Gasteiger partial charge in [-0.25, -0.2) is 0 Å². The third-order valence-electron chi connectivity index (χ3n) is 4.66. The molecule has 21 heavy (non-hydrogen) atoms. The van der Waals surface area contributed by atoms with Gasteiger partial charge in [-0.1, -0.05) is 18.2 Å². The van der Waals surface area contributed by atoms with Gasteiger partial charge in [0.15, 0.2) is 0 Å². The van der Waals surface area contributed by atoms with Crippen LogP contribution in [-0.4, -0.2) is 49.6 Å². The molecule has 0 spiro atoms. The summed E-state index contributed by atoms with van der Waals surface area (Å²) < 4.78 is 0. The van der Waals surface area contributed by atoms with Gasteiger partial charge in [0.05, 0.1) is 6.54 Å². The van der Waals surface area contributed by atoms with Gasteiger partial charge in [0.25, 0.3) is 0 Å². The van der Waals surface area contributed by atoms with Crippen LogP contribution in [-0.2, 0) is 11.2 Å². The summed E-state index contributed by atoms with van der Waals surface area (Å²) in [5.41, 5.74) is 2.62. The highest BCUT2D eigenvalue weighted by molar-refractivity contribution is 5.82. The van der Waals surface area contributed by atoms with Crippen molar-refractivity contribution in [3.8, 4) is 0 Å². The van der Waals surface area contributed by atoms with Crippen LogP contribution in [0.15, 0.2) is 24.3 Å². The minimum Gasteiger partial charge on any atom is -0.359 e. The van der Waals surface area contributed by atoms with Gasteiger partial charge in [0.2, 0.25) is 5.91 Å². The van der Waals surface area contributed by atoms with Crippen LogP contribution in [0.4, 0.5) is 5.69 Å². The van der Waals surface area contributed by atoms with Crippen molar-refractivity contribution < 1.29 is 4.79 Å². The first-order chi connectivity index (χ1) is 10.3. The van der Waals surface area contributed by atoms with Gasteiger partial charge in [-0.05, 0) is 44.4 Å². The van der Waals surface area contributed by atoms with E-state index < -0.39 is 0 Å². The van der Waals surface area contributed by atoms with Gasteiger partial charge in [-0.15, -0.1) is 0 Å². The molecule has 1 unspecified atom stereocenters. The van der Waals surface area contributed by atoms with Crippen molar-refractivity contribution in [2.24, 2.45) is 0 Å². The van der Waals surface area contributed by atoms with E-state index in [4.69, 9.17) is 0 Å². The lowest BCUT2D eigenvalue weighted by Gasteiger charge is -2.37. The van der Waals surface area contributed by atoms with Crippen LogP contribution in [0.5, 0.6) is 0 Å². The molecule has 2 aliphatic rings. The largest absolute Gasteiger partial charge is 0.359 e. The molecule has 1 amide bonds. The van der Waals surface area contributed by atoms with Crippen LogP contribution in [0.3, 0.4) is 0 Å². The highest BCUT2D eigenvalue weighted by Crippen LogP contribution is 2.30. The second-order valence-corrected chi connectivity index (χ2v) is 6.13. The molecule has 4 nitrogen and oxygen atoms in total. The minimum absolute atomic E-state index is 0.266. The first kappa shape index (κ1) is 14.4. The number of nitrogens with one attached hydrogen (secondary N) is 1. The predicted molar refractivity (Wildman–Crippen MR) is 85.6 cm³/mol. The molecule has 114 valence electrons. The maximum Gasteiger partial charge on any atom is 0.242 e. The number of aryl methyl sites for hydroxylation is 1. The Kier molecular flexibility index (Phi) is 4.44. The Morgan fingerprint density at radius 1 is 1.29 bits per heavy atom. The zero-order valence-electron chi connectivity index (χ0n) is 12.8. The Hall–Kier alpha value is -1.55. The zero-order chi connectivity index (χ0) is 14.7. The van der Waals surface area contributed by atoms with Crippen LogP contribution in [0.2, 0.25) is 0 Å². The Morgan fingerprint density at radius 3 is 3.05 bits per heavy atom. The van der Waals surface area contributed by atoms with Crippen LogP contribution < -0.4 is 10.2 Å². The fourth-order valence-corrected chi connectivity index (χ4v) is 3.34. The maximum atomic E-state index is 12.6. The van der Waals surface area contributed by atoms with E-state index in [9.17, 15) is 4.79 Å². The number of anilines is 1. The van der Waals surface area contributed by atoms with Crippen molar-refractivity contribution in [1.29, 1.82) is 0 Å². The number of carbonyl (C=O) groups excluding carboxylic acids is 1. The van der Waals surface area contributed by atoms with Crippen LogP contribution in [0.25, 0.3) is 0 Å². The molecule has 4 heteroatoms. The molecule has 1 aromatic rings. The second-order valence-electron chi connectivity index (χ2n) is 6.13. The van der Waals surface area contributed by atoms with Crippen LogP contribution >= 0.6 is 0 Å². The van der Waals surface area contributed by atoms with Gasteiger partial charge in [-0.2, -0.15) is 0 Å². The van der Waals surface area contributed by atoms with E-state index in [0.717, 1.165) is 45.4 Å². The van der Waals surface area contributed by atoms with E-state index in [0.29, 0.717) is 12.6 Å². The van der Waals surface area contributed by atoms with Crippen molar-refractivity contribution in [2.45, 2.75) is 32.2 Å². The molecule has 1 saturated heterocycles. The minimum atomic E-state index is 0.266. The average molecular weight is 287 g/mol. The Labute approximate surface area is 127 Å². The van der Waals surface area contributed by atoms with E-state index in [2.05, 4.69) is 41.4 Å². The summed E-state index contributed by atoms with van der Waals surface area (Å²) in [6.45, 7) is 6.40. The maximum absolute atomic E-state index is 12.6. The van der Waals surface area contributed by atoms with Gasteiger partial charge in [0.1, 0.15) is 0 Å². The lowest BCUT2D eigenvalue weighted by atomic mass is 9.96. The number of fused-ring (bicyclic) bond motifs is 1. The molecule has 1 atom stereocenters. The van der Waals surface area contributed by atoms with Gasteiger partial charge >= 0.3 is 0 Å². The first-order valence-electron chi connectivity index (χ1n) is 8.09. The SMILES string of the molecule is CC1CCc2ccccc2N1CC(=O)N1CCCNCC1. The standard InChI is InChI=1S/C17H25N3O/c1-14-7-8-15-5-2-3-6-16(15)20(14)13-17(21)19-11-4-9-18-10-12-19/h2-3,5-6,14,18H,4,7-13H2,1H3. The van der Waals surface area contributed by atoms with E-state index in [1.165, 1.54) is 11.3 Å². The molecular weight excluding hydrogens is 262 g/mol. The lowest BCUT2D eigenvalue weighted by molar-refractivity contribution is -0.129. The zero-order valence-corrected chi connectivity index (χ0v) is 12.8. The van der Waals surface area contributed by atoms with Gasteiger partial charge in [-0.3, -0.25) is 4.79 Å². The molecular formula is C17H25N3O. The monoisotopic (exact) mass is 287 g/mol. The molecule has 3 rings (SSSR count). The second kappa shape index (κ2) is 6.48. The van der Waals surface area contributed by atoms with Crippen molar-refractivity contribution in [3.63, 3.8) is 0 Å². The van der Waals surface area contributed by atoms with E-state index in [1.54, 1.807) is 0 Å². The predicted octanol–water partition coefficient (Wildman–Crippen LogP) is 1.65. The highest BCUT2D eigenvalue weighted by Gasteiger charge is 2.26. The third-order valence-corrected chi connectivity index (χ3v) is 4.66. The number of nitrogens with zero attached hydrogens (tertiary/aromatic N) is 2. The summed E-state index contributed by atoms with van der Waals surface area (Å²) in [5.74, 6) is 0.266. The normalized spacial score (nSPS) is 22.6. The number of para-hydroxylation sites is 1. The molecule has 0 aromatic heterocycles. The Morgan fingerprint density at radius 2 is 2.14 bits per heavy atom. The Bertz CT molecular complexity index is 495. The molecule has 2 aliphatic heterocycles. The first-order valence-corrected chi connectivity index (χ1v) is 8.09. The summed E-state index contributed by atoms with van der Waals surface area (Å²) in [7, 11) is 0. The fourth-order valence-electron chi connectivity index (χ4n) is 3.34. The quantitative estimate of drug-likeness (QED) is 0.898. The summed E-state index contributed by atoms with van der Waals surface area (Å²) >= 11 is 0. The van der Waals surface area contributed by atoms with E-state index in [1.807, 2.05) is 4.90 Å². The van der Waals surface area contributed by atoms with Crippen molar-refractivity contribution in [1.82, 2.24) is 10.2 Å². The molecule has 1 fully saturated rings. The fraction of sp³-hybridized carbons (Fsp3) is 0.588. The highest BCUT2D eigenvalue weighted by atomic mass is 16.2. The summed E-state index contributed by atoms with van der Waals surface area (Å²) in [5, 5.41) is 3.35. The van der Waals surface area contributed by atoms with Crippen LogP contribution in [0, 0.1) is 0 Å². The van der Waals surface area contributed by atoms with E-state index >= 15 is 0 Å². The smallest absolute Gasteiger partial charge is 0.242 e. The molecule has 0 aliphatic carbocycles. The number of hydrogen-bond donors (Lipinski definition) is 1. The Balaban J connectivity index is 1.72. The number of amides is 1. The van der Waals surface area contributed by atoms with Crippen molar-refractivity contribution in [3.05, 3.63) is 29.8 Å². The number of benzene rings is 1. The molecule has 0 saturated carbocycles. The molecule has 1 N–H and O–H groups in total. The molecule has 0 radical (unpaired) electrons. The van der Waals surface area contributed by atoms with Gasteiger partial charge in [0, 0.05) is 31.4 Å². The number of hydrogen-bond acceptors (Lipinski definition) is 3. The van der Waals surface area contributed by atoms with Gasteiger partial charge < -0.3 is 15.1 Å². The summed E-state index contributed by atoms with van der Waals surface area (Å²) in [4.78, 5) is 16.9. The van der Waals surface area contributed by atoms with Crippen LogP contribution in [0.1, 0.15) is 25.3 Å². The molecule has 2 heterocycles. The number of carbonyl (C=O) groups is 1. The average Bonchev–Trinajstić information content (AvgIpc) is 2.79. The molecule has 0 bridgehead atoms. The lowest BCUT2D eigenvalue weighted by Crippen LogP contribution is -2.46. The van der Waals surface area contributed by atoms with Crippen molar-refractivity contribution in [2.75, 3.05) is 37.6 Å². The summed E-state index contributed by atoms with van der Waals surface area (Å²) in [6, 6.07) is 8.95. The van der Waals surface area contributed by atoms with Crippen molar-refractivity contribution >= 4 is 11.6 Å².